The van der Waals surface area contributed by atoms with Gasteiger partial charge in [-0.25, -0.2) is 0 Å². The SMILES string of the molecule is CNC(=O)c1ccc(CNCC2CCCCN2C)cc1. The Morgan fingerprint density at radius 2 is 2.05 bits per heavy atom. The Morgan fingerprint density at radius 1 is 1.30 bits per heavy atom. The molecule has 1 aliphatic heterocycles. The van der Waals surface area contributed by atoms with Gasteiger partial charge in [-0.05, 0) is 44.1 Å². The lowest BCUT2D eigenvalue weighted by Gasteiger charge is -2.32. The lowest BCUT2D eigenvalue weighted by Crippen LogP contribution is -2.42. The lowest BCUT2D eigenvalue weighted by atomic mass is 10.0. The fraction of sp³-hybridized carbons (Fsp3) is 0.562. The molecule has 2 N–H and O–H groups in total. The van der Waals surface area contributed by atoms with Crippen molar-refractivity contribution in [3.8, 4) is 0 Å². The van der Waals surface area contributed by atoms with Crippen LogP contribution in [0, 0.1) is 0 Å². The summed E-state index contributed by atoms with van der Waals surface area (Å²) in [5, 5.41) is 6.15. The van der Waals surface area contributed by atoms with Crippen molar-refractivity contribution < 1.29 is 4.79 Å². The van der Waals surface area contributed by atoms with E-state index in [0.717, 1.165) is 13.1 Å². The van der Waals surface area contributed by atoms with Gasteiger partial charge in [-0.1, -0.05) is 18.6 Å². The summed E-state index contributed by atoms with van der Waals surface area (Å²) in [5.74, 6) is -0.0339. The Balaban J connectivity index is 1.77. The molecule has 110 valence electrons. The third-order valence-corrected chi connectivity index (χ3v) is 4.07. The number of likely N-dealkylation sites (tertiary alicyclic amines) is 1. The molecule has 1 fully saturated rings. The van der Waals surface area contributed by atoms with E-state index >= 15 is 0 Å². The van der Waals surface area contributed by atoms with Gasteiger partial charge >= 0.3 is 0 Å². The number of piperidine rings is 1. The molecular formula is C16H25N3O. The number of nitrogens with zero attached hydrogens (tertiary/aromatic N) is 1. The van der Waals surface area contributed by atoms with Crippen molar-refractivity contribution in [2.45, 2.75) is 31.8 Å². The molecule has 1 unspecified atom stereocenters. The van der Waals surface area contributed by atoms with Crippen LogP contribution in [0.2, 0.25) is 0 Å². The highest BCUT2D eigenvalue weighted by atomic mass is 16.1. The van der Waals surface area contributed by atoms with Crippen molar-refractivity contribution in [1.82, 2.24) is 15.5 Å². The normalized spacial score (nSPS) is 19.8. The average Bonchev–Trinajstić information content (AvgIpc) is 2.49. The molecule has 0 aliphatic carbocycles. The van der Waals surface area contributed by atoms with Crippen LogP contribution in [0.3, 0.4) is 0 Å². The van der Waals surface area contributed by atoms with Crippen LogP contribution in [0.15, 0.2) is 24.3 Å². The van der Waals surface area contributed by atoms with Crippen LogP contribution in [-0.2, 0) is 6.54 Å². The van der Waals surface area contributed by atoms with E-state index in [2.05, 4.69) is 22.6 Å². The third-order valence-electron chi connectivity index (χ3n) is 4.07. The van der Waals surface area contributed by atoms with E-state index in [0.29, 0.717) is 11.6 Å². The van der Waals surface area contributed by atoms with E-state index in [-0.39, 0.29) is 5.91 Å². The number of rotatable bonds is 5. The highest BCUT2D eigenvalue weighted by Crippen LogP contribution is 2.14. The maximum Gasteiger partial charge on any atom is 0.251 e. The van der Waals surface area contributed by atoms with Crippen molar-refractivity contribution in [1.29, 1.82) is 0 Å². The van der Waals surface area contributed by atoms with E-state index in [4.69, 9.17) is 0 Å². The molecule has 1 atom stereocenters. The minimum absolute atomic E-state index is 0.0339. The molecule has 4 heteroatoms. The van der Waals surface area contributed by atoms with E-state index in [1.165, 1.54) is 31.4 Å². The largest absolute Gasteiger partial charge is 0.355 e. The molecule has 0 aromatic heterocycles. The van der Waals surface area contributed by atoms with Gasteiger partial charge in [0, 0.05) is 31.7 Å². The van der Waals surface area contributed by atoms with Gasteiger partial charge in [0.25, 0.3) is 5.91 Å². The fourth-order valence-electron chi connectivity index (χ4n) is 2.70. The summed E-state index contributed by atoms with van der Waals surface area (Å²) in [6.45, 7) is 3.11. The van der Waals surface area contributed by atoms with E-state index < -0.39 is 0 Å². The molecular weight excluding hydrogens is 250 g/mol. The highest BCUT2D eigenvalue weighted by molar-refractivity contribution is 5.93. The quantitative estimate of drug-likeness (QED) is 0.858. The number of likely N-dealkylation sites (N-methyl/N-ethyl adjacent to an activating group) is 1. The van der Waals surface area contributed by atoms with Crippen LogP contribution < -0.4 is 10.6 Å². The Morgan fingerprint density at radius 3 is 2.70 bits per heavy atom. The zero-order valence-corrected chi connectivity index (χ0v) is 12.5. The maximum absolute atomic E-state index is 11.4. The number of carbonyl (C=O) groups is 1. The lowest BCUT2D eigenvalue weighted by molar-refractivity contribution is 0.0963. The molecule has 1 aromatic rings. The number of carbonyl (C=O) groups excluding carboxylic acids is 1. The zero-order valence-electron chi connectivity index (χ0n) is 12.5. The molecule has 1 amide bonds. The van der Waals surface area contributed by atoms with Crippen LogP contribution in [0.4, 0.5) is 0 Å². The summed E-state index contributed by atoms with van der Waals surface area (Å²) in [5.41, 5.74) is 1.93. The molecule has 0 radical (unpaired) electrons. The summed E-state index contributed by atoms with van der Waals surface area (Å²) in [4.78, 5) is 13.9. The first-order valence-electron chi connectivity index (χ1n) is 7.42. The van der Waals surface area contributed by atoms with Crippen LogP contribution in [-0.4, -0.2) is 44.0 Å². The molecule has 1 aromatic carbocycles. The average molecular weight is 275 g/mol. The van der Waals surface area contributed by atoms with Crippen molar-refractivity contribution in [2.75, 3.05) is 27.2 Å². The van der Waals surface area contributed by atoms with Crippen molar-refractivity contribution in [2.24, 2.45) is 0 Å². The van der Waals surface area contributed by atoms with Gasteiger partial charge in [0.15, 0.2) is 0 Å². The molecule has 0 saturated carbocycles. The van der Waals surface area contributed by atoms with Gasteiger partial charge < -0.3 is 15.5 Å². The predicted octanol–water partition coefficient (Wildman–Crippen LogP) is 1.62. The van der Waals surface area contributed by atoms with Gasteiger partial charge in [0.2, 0.25) is 0 Å². The Bertz CT molecular complexity index is 430. The second-order valence-electron chi connectivity index (χ2n) is 5.54. The second-order valence-corrected chi connectivity index (χ2v) is 5.54. The smallest absolute Gasteiger partial charge is 0.251 e. The van der Waals surface area contributed by atoms with Gasteiger partial charge in [-0.15, -0.1) is 0 Å². The fourth-order valence-corrected chi connectivity index (χ4v) is 2.70. The van der Waals surface area contributed by atoms with Crippen molar-refractivity contribution in [3.05, 3.63) is 35.4 Å². The number of benzene rings is 1. The van der Waals surface area contributed by atoms with E-state index in [1.54, 1.807) is 7.05 Å². The summed E-state index contributed by atoms with van der Waals surface area (Å²) >= 11 is 0. The van der Waals surface area contributed by atoms with Crippen LogP contribution >= 0.6 is 0 Å². The second kappa shape index (κ2) is 7.41. The third kappa shape index (κ3) is 4.05. The van der Waals surface area contributed by atoms with E-state index in [1.807, 2.05) is 24.3 Å². The molecule has 20 heavy (non-hydrogen) atoms. The molecule has 0 spiro atoms. The number of amides is 1. The van der Waals surface area contributed by atoms with Crippen LogP contribution in [0.1, 0.15) is 35.2 Å². The summed E-state index contributed by atoms with van der Waals surface area (Å²) < 4.78 is 0. The molecule has 2 rings (SSSR count). The highest BCUT2D eigenvalue weighted by Gasteiger charge is 2.17. The summed E-state index contributed by atoms with van der Waals surface area (Å²) in [6, 6.07) is 8.45. The number of hydrogen-bond donors (Lipinski definition) is 2. The zero-order chi connectivity index (χ0) is 14.4. The monoisotopic (exact) mass is 275 g/mol. The molecule has 1 heterocycles. The molecule has 1 saturated heterocycles. The van der Waals surface area contributed by atoms with Crippen molar-refractivity contribution >= 4 is 5.91 Å². The molecule has 0 bridgehead atoms. The summed E-state index contributed by atoms with van der Waals surface area (Å²) in [7, 11) is 3.86. The topological polar surface area (TPSA) is 44.4 Å². The van der Waals surface area contributed by atoms with Gasteiger partial charge in [-0.3, -0.25) is 4.79 Å². The summed E-state index contributed by atoms with van der Waals surface area (Å²) in [6.07, 6.45) is 3.96. The first-order valence-corrected chi connectivity index (χ1v) is 7.42. The standard InChI is InChI=1S/C16H25N3O/c1-17-16(20)14-8-6-13(7-9-14)11-18-12-15-5-3-4-10-19(15)2/h6-9,15,18H,3-5,10-12H2,1-2H3,(H,17,20). The first kappa shape index (κ1) is 15.0. The minimum atomic E-state index is -0.0339. The number of hydrogen-bond acceptors (Lipinski definition) is 3. The Labute approximate surface area is 121 Å². The van der Waals surface area contributed by atoms with Crippen LogP contribution in [0.25, 0.3) is 0 Å². The van der Waals surface area contributed by atoms with Gasteiger partial charge in [0.1, 0.15) is 0 Å². The number of nitrogens with one attached hydrogen (secondary N) is 2. The maximum atomic E-state index is 11.4. The van der Waals surface area contributed by atoms with Crippen molar-refractivity contribution in [3.63, 3.8) is 0 Å². The van der Waals surface area contributed by atoms with Gasteiger partial charge in [0.05, 0.1) is 0 Å². The Kier molecular flexibility index (Phi) is 5.56. The molecule has 1 aliphatic rings. The Hall–Kier alpha value is -1.39. The van der Waals surface area contributed by atoms with Crippen LogP contribution in [0.5, 0.6) is 0 Å². The molecule has 4 nitrogen and oxygen atoms in total. The van der Waals surface area contributed by atoms with E-state index in [9.17, 15) is 4.79 Å². The predicted molar refractivity (Wildman–Crippen MR) is 81.8 cm³/mol. The first-order chi connectivity index (χ1) is 9.70. The minimum Gasteiger partial charge on any atom is -0.355 e. The van der Waals surface area contributed by atoms with Gasteiger partial charge in [-0.2, -0.15) is 0 Å².